The van der Waals surface area contributed by atoms with E-state index in [1.807, 2.05) is 0 Å². The molecule has 2 aromatic carbocycles. The second-order valence-electron chi connectivity index (χ2n) is 7.95. The molecule has 0 radical (unpaired) electrons. The molecule has 2 aliphatic heterocycles. The number of hydrogen-bond donors (Lipinski definition) is 7. The quantitative estimate of drug-likeness (QED) is 0.324. The van der Waals surface area contributed by atoms with Gasteiger partial charge in [-0.2, -0.15) is 0 Å². The van der Waals surface area contributed by atoms with E-state index in [0.717, 1.165) is 6.07 Å². The molecular weight excluding hydrogens is 440 g/mol. The molecule has 0 amide bonds. The van der Waals surface area contributed by atoms with Gasteiger partial charge in [-0.15, -0.1) is 0 Å². The van der Waals surface area contributed by atoms with Crippen LogP contribution in [0.1, 0.15) is 40.1 Å². The molecule has 0 bridgehead atoms. The molecule has 33 heavy (non-hydrogen) atoms. The number of fused-ring (bicyclic) bond motifs is 1. The number of carbonyl (C=O) groups is 1. The fraction of sp³-hybridized carbons (Fsp3) is 0.409. The third kappa shape index (κ3) is 3.83. The number of benzene rings is 2. The van der Waals surface area contributed by atoms with Gasteiger partial charge in [-0.3, -0.25) is 4.79 Å². The zero-order valence-electron chi connectivity index (χ0n) is 17.5. The number of methoxy groups -OCH3 is 1. The van der Waals surface area contributed by atoms with Crippen molar-refractivity contribution in [2.24, 2.45) is 0 Å². The average Bonchev–Trinajstić information content (AvgIpc) is 2.78. The molecule has 0 spiro atoms. The summed E-state index contributed by atoms with van der Waals surface area (Å²) in [6, 6.07) is 5.51. The van der Waals surface area contributed by atoms with E-state index in [1.54, 1.807) is 6.07 Å². The van der Waals surface area contributed by atoms with E-state index >= 15 is 0 Å². The minimum absolute atomic E-state index is 0.0942. The van der Waals surface area contributed by atoms with Crippen LogP contribution in [0.4, 0.5) is 0 Å². The van der Waals surface area contributed by atoms with E-state index in [-0.39, 0.29) is 34.8 Å². The molecule has 4 rings (SSSR count). The summed E-state index contributed by atoms with van der Waals surface area (Å²) in [4.78, 5) is 12.9. The highest BCUT2D eigenvalue weighted by molar-refractivity contribution is 6.03. The summed E-state index contributed by atoms with van der Waals surface area (Å²) in [5.74, 6) is -1.86. The SMILES string of the molecule is COc1cc(C2CC(=O)c3c(cc(O)c([C@@H]4O[C@H](CO)[C@@H](O)[C@H](O)[C@H]4O)c3O)O2)ccc1O. The van der Waals surface area contributed by atoms with Crippen molar-refractivity contribution < 1.29 is 54.8 Å². The topological polar surface area (TPSA) is 186 Å². The third-order valence-electron chi connectivity index (χ3n) is 5.95. The Morgan fingerprint density at radius 3 is 2.42 bits per heavy atom. The van der Waals surface area contributed by atoms with Crippen molar-refractivity contribution in [2.45, 2.75) is 43.0 Å². The molecule has 11 nitrogen and oxygen atoms in total. The number of Topliss-reactive ketones (excluding diaryl/α,β-unsaturated/α-hetero) is 1. The number of aliphatic hydroxyl groups is 4. The molecule has 11 heteroatoms. The molecule has 6 atom stereocenters. The Morgan fingerprint density at radius 1 is 1.03 bits per heavy atom. The Bertz CT molecular complexity index is 1070. The maximum absolute atomic E-state index is 12.9. The van der Waals surface area contributed by atoms with Crippen LogP contribution in [0.3, 0.4) is 0 Å². The number of ketones is 1. The Kier molecular flexibility index (Phi) is 6.08. The van der Waals surface area contributed by atoms with E-state index in [0.29, 0.717) is 5.56 Å². The van der Waals surface area contributed by atoms with Crippen molar-refractivity contribution in [1.82, 2.24) is 0 Å². The molecule has 178 valence electrons. The molecule has 1 unspecified atom stereocenters. The fourth-order valence-electron chi connectivity index (χ4n) is 4.18. The summed E-state index contributed by atoms with van der Waals surface area (Å²) < 4.78 is 16.3. The molecule has 0 aromatic heterocycles. The van der Waals surface area contributed by atoms with Gasteiger partial charge in [0.05, 0.1) is 25.7 Å². The maximum atomic E-state index is 12.9. The average molecular weight is 464 g/mol. The summed E-state index contributed by atoms with van der Waals surface area (Å²) in [6.45, 7) is -0.701. The lowest BCUT2D eigenvalue weighted by molar-refractivity contribution is -0.232. The van der Waals surface area contributed by atoms with Gasteiger partial charge in [-0.25, -0.2) is 0 Å². The number of ether oxygens (including phenoxy) is 3. The first kappa shape index (κ1) is 23.1. The first-order valence-corrected chi connectivity index (χ1v) is 10.1. The van der Waals surface area contributed by atoms with Gasteiger partial charge in [0, 0.05) is 6.07 Å². The van der Waals surface area contributed by atoms with E-state index in [4.69, 9.17) is 14.2 Å². The van der Waals surface area contributed by atoms with Crippen LogP contribution in [-0.4, -0.2) is 79.7 Å². The Balaban J connectivity index is 1.72. The molecule has 7 N–H and O–H groups in total. The number of aromatic hydroxyl groups is 3. The number of phenols is 3. The van der Waals surface area contributed by atoms with Crippen LogP contribution in [0.15, 0.2) is 24.3 Å². The molecule has 0 saturated carbocycles. The predicted octanol–water partition coefficient (Wildman–Crippen LogP) is 0.0334. The van der Waals surface area contributed by atoms with E-state index < -0.39 is 60.5 Å². The van der Waals surface area contributed by atoms with Crippen LogP contribution in [0.25, 0.3) is 0 Å². The van der Waals surface area contributed by atoms with E-state index in [9.17, 15) is 40.5 Å². The molecule has 1 fully saturated rings. The molecule has 2 aromatic rings. The summed E-state index contributed by atoms with van der Waals surface area (Å²) in [7, 11) is 1.37. The predicted molar refractivity (Wildman–Crippen MR) is 109 cm³/mol. The van der Waals surface area contributed by atoms with Crippen molar-refractivity contribution >= 4 is 5.78 Å². The minimum atomic E-state index is -1.77. The number of aliphatic hydroxyl groups excluding tert-OH is 4. The van der Waals surface area contributed by atoms with Gasteiger partial charge in [-0.05, 0) is 17.7 Å². The van der Waals surface area contributed by atoms with Crippen LogP contribution >= 0.6 is 0 Å². The van der Waals surface area contributed by atoms with Gasteiger partial charge >= 0.3 is 0 Å². The Hall–Kier alpha value is -3.09. The third-order valence-corrected chi connectivity index (χ3v) is 5.95. The monoisotopic (exact) mass is 464 g/mol. The second-order valence-corrected chi connectivity index (χ2v) is 7.95. The van der Waals surface area contributed by atoms with Crippen LogP contribution in [0, 0.1) is 0 Å². The zero-order valence-corrected chi connectivity index (χ0v) is 17.5. The van der Waals surface area contributed by atoms with Gasteiger partial charge in [0.1, 0.15) is 59.4 Å². The normalized spacial score (nSPS) is 29.3. The summed E-state index contributed by atoms with van der Waals surface area (Å²) in [6.07, 6.45) is -8.94. The second kappa shape index (κ2) is 8.69. The molecule has 0 aliphatic carbocycles. The highest BCUT2D eigenvalue weighted by Crippen LogP contribution is 2.49. The molecular formula is C22H24O11. The standard InChI is InChI=1S/C22H24O11/c1-31-13-4-8(2-3-9(13)24)12-5-10(25)16-14(32-12)6-11(26)17(19(16)28)22-21(30)20(29)18(27)15(7-23)33-22/h2-4,6,12,15,18,20-24,26-30H,5,7H2,1H3/t12?,15-,18-,20+,21-,22+/m1/s1. The molecule has 2 aliphatic rings. The van der Waals surface area contributed by atoms with Crippen molar-refractivity contribution in [2.75, 3.05) is 13.7 Å². The van der Waals surface area contributed by atoms with Gasteiger partial charge in [0.25, 0.3) is 0 Å². The Morgan fingerprint density at radius 2 is 1.76 bits per heavy atom. The van der Waals surface area contributed by atoms with E-state index in [2.05, 4.69) is 0 Å². The lowest BCUT2D eigenvalue weighted by Crippen LogP contribution is -2.55. The molecule has 1 saturated heterocycles. The van der Waals surface area contributed by atoms with Crippen LogP contribution < -0.4 is 9.47 Å². The van der Waals surface area contributed by atoms with Crippen molar-refractivity contribution in [3.63, 3.8) is 0 Å². The van der Waals surface area contributed by atoms with Crippen LogP contribution in [-0.2, 0) is 4.74 Å². The number of hydrogen-bond acceptors (Lipinski definition) is 11. The van der Waals surface area contributed by atoms with E-state index in [1.165, 1.54) is 19.2 Å². The highest BCUT2D eigenvalue weighted by atomic mass is 16.5. The first-order valence-electron chi connectivity index (χ1n) is 10.1. The summed E-state index contributed by atoms with van der Waals surface area (Å²) in [5.41, 5.74) is -0.116. The van der Waals surface area contributed by atoms with Crippen molar-refractivity contribution in [3.8, 4) is 28.7 Å². The number of rotatable bonds is 4. The Labute approximate surface area is 187 Å². The largest absolute Gasteiger partial charge is 0.507 e. The van der Waals surface area contributed by atoms with Gasteiger partial charge in [0.15, 0.2) is 17.3 Å². The number of carbonyl (C=O) groups excluding carboxylic acids is 1. The van der Waals surface area contributed by atoms with Crippen molar-refractivity contribution in [3.05, 3.63) is 41.0 Å². The van der Waals surface area contributed by atoms with Gasteiger partial charge < -0.3 is 50.0 Å². The highest BCUT2D eigenvalue weighted by Gasteiger charge is 2.47. The summed E-state index contributed by atoms with van der Waals surface area (Å²) in [5, 5.41) is 71.0. The number of phenolic OH excluding ortho intramolecular Hbond substituents is 3. The van der Waals surface area contributed by atoms with Crippen LogP contribution in [0.2, 0.25) is 0 Å². The first-order chi connectivity index (χ1) is 15.7. The maximum Gasteiger partial charge on any atom is 0.174 e. The zero-order chi connectivity index (χ0) is 24.0. The lowest BCUT2D eigenvalue weighted by atomic mass is 9.87. The minimum Gasteiger partial charge on any atom is -0.507 e. The van der Waals surface area contributed by atoms with Gasteiger partial charge in [-0.1, -0.05) is 6.07 Å². The smallest absolute Gasteiger partial charge is 0.174 e. The summed E-state index contributed by atoms with van der Waals surface area (Å²) >= 11 is 0. The fourth-order valence-corrected chi connectivity index (χ4v) is 4.18. The molecule has 2 heterocycles. The van der Waals surface area contributed by atoms with Crippen molar-refractivity contribution in [1.29, 1.82) is 0 Å². The van der Waals surface area contributed by atoms with Crippen LogP contribution in [0.5, 0.6) is 28.7 Å². The van der Waals surface area contributed by atoms with Gasteiger partial charge in [0.2, 0.25) is 0 Å². The lowest BCUT2D eigenvalue weighted by Gasteiger charge is -2.40.